The van der Waals surface area contributed by atoms with Crippen LogP contribution >= 0.6 is 11.6 Å². The van der Waals surface area contributed by atoms with Crippen LogP contribution in [0.1, 0.15) is 76.8 Å². The van der Waals surface area contributed by atoms with Crippen LogP contribution < -0.4 is 9.47 Å². The Hall–Kier alpha value is -3.09. The Morgan fingerprint density at radius 2 is 1.43 bits per heavy atom. The summed E-state index contributed by atoms with van der Waals surface area (Å²) in [6, 6.07) is 13.4. The molecule has 3 aliphatic rings. The van der Waals surface area contributed by atoms with Crippen molar-refractivity contribution in [1.82, 2.24) is 4.90 Å². The fourth-order valence-electron chi connectivity index (χ4n) is 6.74. The summed E-state index contributed by atoms with van der Waals surface area (Å²) in [7, 11) is 3.32. The smallest absolute Gasteiger partial charge is 0.162 e. The second kappa shape index (κ2) is 11.9. The van der Waals surface area contributed by atoms with E-state index >= 15 is 0 Å². The van der Waals surface area contributed by atoms with Gasteiger partial charge in [0.25, 0.3) is 0 Å². The molecule has 0 bridgehead atoms. The molecular weight excluding hydrogens is 550 g/mol. The van der Waals surface area contributed by atoms with E-state index in [2.05, 4.69) is 32.6 Å². The van der Waals surface area contributed by atoms with Crippen LogP contribution in [0.4, 0.5) is 0 Å². The molecule has 2 aliphatic carbocycles. The van der Waals surface area contributed by atoms with Crippen molar-refractivity contribution >= 4 is 23.2 Å². The van der Waals surface area contributed by atoms with Gasteiger partial charge in [-0.15, -0.1) is 0 Å². The number of nitrogens with zero attached hydrogens (tertiary/aromatic N) is 1. The normalized spacial score (nSPS) is 20.0. The van der Waals surface area contributed by atoms with Crippen molar-refractivity contribution in [2.75, 3.05) is 27.4 Å². The SMILES string of the molecule is COCCCN1C2=C(C(=O)CC(C)(C)C2)C(c2ccc(OCc3ccc(Cl)cc3)c(OC)c2)C2=C1CC(C)(C)CC2=O. The van der Waals surface area contributed by atoms with Gasteiger partial charge in [0, 0.05) is 66.6 Å². The topological polar surface area (TPSA) is 65.1 Å². The quantitative estimate of drug-likeness (QED) is 0.279. The number of benzene rings is 2. The Bertz CT molecular complexity index is 1380. The summed E-state index contributed by atoms with van der Waals surface area (Å²) in [4.78, 5) is 30.3. The first-order valence-corrected chi connectivity index (χ1v) is 15.1. The highest BCUT2D eigenvalue weighted by atomic mass is 35.5. The fourth-order valence-corrected chi connectivity index (χ4v) is 6.87. The number of ketones is 2. The highest BCUT2D eigenvalue weighted by molar-refractivity contribution is 6.30. The third-order valence-corrected chi connectivity index (χ3v) is 8.83. The number of allylic oxidation sites excluding steroid dienone is 4. The monoisotopic (exact) mass is 591 g/mol. The third kappa shape index (κ3) is 6.16. The molecule has 0 atom stereocenters. The minimum Gasteiger partial charge on any atom is -0.493 e. The molecule has 0 saturated carbocycles. The summed E-state index contributed by atoms with van der Waals surface area (Å²) in [6.45, 7) is 10.3. The number of hydrogen-bond acceptors (Lipinski definition) is 6. The van der Waals surface area contributed by atoms with Gasteiger partial charge in [0.1, 0.15) is 6.61 Å². The van der Waals surface area contributed by atoms with Gasteiger partial charge in [-0.2, -0.15) is 0 Å². The summed E-state index contributed by atoms with van der Waals surface area (Å²) in [5.74, 6) is 0.979. The van der Waals surface area contributed by atoms with Crippen LogP contribution in [-0.2, 0) is 20.9 Å². The van der Waals surface area contributed by atoms with Crippen LogP contribution in [0.25, 0.3) is 0 Å². The second-order valence-electron chi connectivity index (χ2n) is 13.4. The lowest BCUT2D eigenvalue weighted by molar-refractivity contribution is -0.119. The Morgan fingerprint density at radius 3 is 1.98 bits per heavy atom. The number of carbonyl (C=O) groups is 2. The summed E-state index contributed by atoms with van der Waals surface area (Å²) < 4.78 is 17.3. The number of carbonyl (C=O) groups excluding carboxylic acids is 2. The van der Waals surface area contributed by atoms with Crippen LogP contribution in [0, 0.1) is 10.8 Å². The first kappa shape index (κ1) is 30.4. The maximum absolute atomic E-state index is 14.0. The van der Waals surface area contributed by atoms with Gasteiger partial charge in [-0.1, -0.05) is 57.5 Å². The molecule has 2 aromatic rings. The molecule has 0 fully saturated rings. The summed E-state index contributed by atoms with van der Waals surface area (Å²) in [5, 5.41) is 0.675. The number of ether oxygens (including phenoxy) is 3. The number of hydrogen-bond donors (Lipinski definition) is 0. The Morgan fingerprint density at radius 1 is 0.833 bits per heavy atom. The van der Waals surface area contributed by atoms with E-state index in [0.717, 1.165) is 52.9 Å². The van der Waals surface area contributed by atoms with Gasteiger partial charge in [-0.25, -0.2) is 0 Å². The number of rotatable bonds is 9. The van der Waals surface area contributed by atoms with Gasteiger partial charge in [-0.05, 0) is 65.5 Å². The molecule has 5 rings (SSSR count). The summed E-state index contributed by atoms with van der Waals surface area (Å²) >= 11 is 6.03. The van der Waals surface area contributed by atoms with E-state index in [4.69, 9.17) is 25.8 Å². The van der Waals surface area contributed by atoms with Gasteiger partial charge in [-0.3, -0.25) is 9.59 Å². The predicted octanol–water partition coefficient (Wildman–Crippen LogP) is 7.65. The van der Waals surface area contributed by atoms with Crippen molar-refractivity contribution in [3.8, 4) is 11.5 Å². The van der Waals surface area contributed by atoms with Crippen molar-refractivity contribution < 1.29 is 23.8 Å². The molecule has 0 amide bonds. The average molecular weight is 592 g/mol. The predicted molar refractivity (Wildman–Crippen MR) is 165 cm³/mol. The first-order chi connectivity index (χ1) is 19.9. The largest absolute Gasteiger partial charge is 0.493 e. The number of Topliss-reactive ketones (excluding diaryl/α,β-unsaturated/α-hetero) is 2. The highest BCUT2D eigenvalue weighted by Crippen LogP contribution is 2.55. The molecule has 7 heteroatoms. The molecule has 42 heavy (non-hydrogen) atoms. The molecule has 0 spiro atoms. The average Bonchev–Trinajstić information content (AvgIpc) is 2.91. The van der Waals surface area contributed by atoms with E-state index in [1.54, 1.807) is 14.2 Å². The highest BCUT2D eigenvalue weighted by Gasteiger charge is 2.49. The second-order valence-corrected chi connectivity index (χ2v) is 13.8. The van der Waals surface area contributed by atoms with Crippen LogP contribution in [0.2, 0.25) is 5.02 Å². The lowest BCUT2D eigenvalue weighted by Crippen LogP contribution is -2.44. The van der Waals surface area contributed by atoms with Crippen molar-refractivity contribution in [3.05, 3.63) is 81.2 Å². The minimum atomic E-state index is -0.430. The van der Waals surface area contributed by atoms with Gasteiger partial charge in [0.05, 0.1) is 7.11 Å². The zero-order valence-electron chi connectivity index (χ0n) is 25.6. The lowest BCUT2D eigenvalue weighted by atomic mass is 9.63. The zero-order valence-corrected chi connectivity index (χ0v) is 26.4. The molecular formula is C35H42ClNO5. The Labute approximate surface area is 254 Å². The van der Waals surface area contributed by atoms with Crippen molar-refractivity contribution in [3.63, 3.8) is 0 Å². The van der Waals surface area contributed by atoms with E-state index in [0.29, 0.717) is 49.1 Å². The molecule has 0 unspecified atom stereocenters. The maximum atomic E-state index is 14.0. The van der Waals surface area contributed by atoms with Gasteiger partial charge < -0.3 is 19.1 Å². The summed E-state index contributed by atoms with van der Waals surface area (Å²) in [6.07, 6.45) is 3.28. The molecule has 0 N–H and O–H groups in total. The van der Waals surface area contributed by atoms with E-state index in [1.807, 2.05) is 42.5 Å². The Balaban J connectivity index is 1.60. The first-order valence-electron chi connectivity index (χ1n) is 14.8. The fraction of sp³-hybridized carbons (Fsp3) is 0.486. The number of halogens is 1. The Kier molecular flexibility index (Phi) is 8.60. The van der Waals surface area contributed by atoms with Gasteiger partial charge in [0.15, 0.2) is 23.1 Å². The van der Waals surface area contributed by atoms with Crippen molar-refractivity contribution in [2.45, 2.75) is 72.3 Å². The van der Waals surface area contributed by atoms with Gasteiger partial charge in [0.2, 0.25) is 0 Å². The van der Waals surface area contributed by atoms with E-state index in [9.17, 15) is 9.59 Å². The lowest BCUT2D eigenvalue weighted by Gasteiger charge is -2.49. The van der Waals surface area contributed by atoms with Crippen LogP contribution in [0.3, 0.4) is 0 Å². The third-order valence-electron chi connectivity index (χ3n) is 8.58. The standard InChI is InChI=1S/C35H42ClNO5/c1-34(2)17-25-32(27(38)19-34)31(33-26(37(25)14-7-15-40-5)18-35(3,4)20-28(33)39)23-10-13-29(30(16-23)41-6)42-21-22-8-11-24(36)12-9-22/h8-13,16,31H,7,14-15,17-21H2,1-6H3. The molecule has 0 aromatic heterocycles. The number of methoxy groups -OCH3 is 2. The molecule has 6 nitrogen and oxygen atoms in total. The van der Waals surface area contributed by atoms with Gasteiger partial charge >= 0.3 is 0 Å². The van der Waals surface area contributed by atoms with E-state index in [-0.39, 0.29) is 22.4 Å². The molecule has 2 aromatic carbocycles. The van der Waals surface area contributed by atoms with Crippen LogP contribution in [-0.4, -0.2) is 43.8 Å². The molecule has 0 saturated heterocycles. The van der Waals surface area contributed by atoms with Crippen molar-refractivity contribution in [1.29, 1.82) is 0 Å². The maximum Gasteiger partial charge on any atom is 0.162 e. The molecule has 1 aliphatic heterocycles. The molecule has 1 heterocycles. The zero-order chi connectivity index (χ0) is 30.2. The van der Waals surface area contributed by atoms with E-state index < -0.39 is 5.92 Å². The van der Waals surface area contributed by atoms with Crippen molar-refractivity contribution in [2.24, 2.45) is 10.8 Å². The van der Waals surface area contributed by atoms with Crippen LogP contribution in [0.15, 0.2) is 65.0 Å². The summed E-state index contributed by atoms with van der Waals surface area (Å²) in [5.41, 5.74) is 5.18. The molecule has 0 radical (unpaired) electrons. The van der Waals surface area contributed by atoms with Crippen LogP contribution in [0.5, 0.6) is 11.5 Å². The van der Waals surface area contributed by atoms with E-state index in [1.165, 1.54) is 0 Å². The minimum absolute atomic E-state index is 0.120. The molecule has 224 valence electrons.